The van der Waals surface area contributed by atoms with Crippen LogP contribution in [0.1, 0.15) is 39.0 Å². The fourth-order valence-corrected chi connectivity index (χ4v) is 4.74. The van der Waals surface area contributed by atoms with Crippen molar-refractivity contribution >= 4 is 23.1 Å². The van der Waals surface area contributed by atoms with Gasteiger partial charge in [-0.15, -0.1) is 11.3 Å². The Labute approximate surface area is 186 Å². The molecule has 31 heavy (non-hydrogen) atoms. The van der Waals surface area contributed by atoms with E-state index in [9.17, 15) is 4.79 Å². The van der Waals surface area contributed by atoms with E-state index in [1.807, 2.05) is 51.4 Å². The number of carbonyl (C=O) groups is 1. The number of ether oxygens (including phenoxy) is 1. The van der Waals surface area contributed by atoms with Gasteiger partial charge in [-0.05, 0) is 45.0 Å². The number of thiazole rings is 1. The third-order valence-corrected chi connectivity index (χ3v) is 6.26. The van der Waals surface area contributed by atoms with Gasteiger partial charge in [0.05, 0.1) is 25.2 Å². The van der Waals surface area contributed by atoms with Crippen LogP contribution >= 0.6 is 11.3 Å². The molecule has 8 heteroatoms. The molecule has 3 aromatic rings. The summed E-state index contributed by atoms with van der Waals surface area (Å²) in [6.07, 6.45) is 3.08. The van der Waals surface area contributed by atoms with Crippen molar-refractivity contribution < 1.29 is 9.53 Å². The number of aromatic nitrogens is 3. The van der Waals surface area contributed by atoms with Gasteiger partial charge < -0.3 is 4.74 Å². The molecule has 0 saturated carbocycles. The van der Waals surface area contributed by atoms with Crippen LogP contribution in [0.4, 0.5) is 5.82 Å². The minimum atomic E-state index is 0.0906. The molecule has 0 atom stereocenters. The number of carbonyl (C=O) groups excluding carboxylic acids is 1. The predicted octanol–water partition coefficient (Wildman–Crippen LogP) is 3.67. The minimum absolute atomic E-state index is 0.0906. The summed E-state index contributed by atoms with van der Waals surface area (Å²) in [6, 6.07) is 7.81. The lowest BCUT2D eigenvalue weighted by molar-refractivity contribution is -0.119. The van der Waals surface area contributed by atoms with E-state index < -0.39 is 0 Å². The Morgan fingerprint density at radius 1 is 1.19 bits per heavy atom. The zero-order valence-electron chi connectivity index (χ0n) is 18.4. The number of amides is 1. The van der Waals surface area contributed by atoms with Gasteiger partial charge in [-0.25, -0.2) is 15.0 Å². The van der Waals surface area contributed by atoms with Crippen LogP contribution in [-0.2, 0) is 30.8 Å². The van der Waals surface area contributed by atoms with E-state index in [4.69, 9.17) is 14.7 Å². The van der Waals surface area contributed by atoms with E-state index in [1.54, 1.807) is 23.3 Å². The number of nitrogens with zero attached hydrogens (tertiary/aromatic N) is 5. The summed E-state index contributed by atoms with van der Waals surface area (Å²) in [7, 11) is 3.69. The minimum Gasteiger partial charge on any atom is -0.497 e. The fourth-order valence-electron chi connectivity index (χ4n) is 3.87. The average molecular weight is 438 g/mol. The van der Waals surface area contributed by atoms with Crippen molar-refractivity contribution in [3.8, 4) is 5.75 Å². The first-order valence-electron chi connectivity index (χ1n) is 10.3. The number of fused-ring (bicyclic) bond motifs is 1. The van der Waals surface area contributed by atoms with Gasteiger partial charge in [0.25, 0.3) is 0 Å². The summed E-state index contributed by atoms with van der Waals surface area (Å²) in [5.74, 6) is 2.34. The Bertz CT molecular complexity index is 1100. The van der Waals surface area contributed by atoms with E-state index in [1.165, 1.54) is 4.88 Å². The molecule has 0 N–H and O–H groups in total. The highest BCUT2D eigenvalue weighted by Gasteiger charge is 2.28. The van der Waals surface area contributed by atoms with Gasteiger partial charge in [0.2, 0.25) is 5.91 Å². The molecule has 0 bridgehead atoms. The van der Waals surface area contributed by atoms with Gasteiger partial charge >= 0.3 is 0 Å². The van der Waals surface area contributed by atoms with Crippen molar-refractivity contribution in [1.29, 1.82) is 0 Å². The van der Waals surface area contributed by atoms with Gasteiger partial charge in [-0.2, -0.15) is 0 Å². The van der Waals surface area contributed by atoms with Gasteiger partial charge in [0.15, 0.2) is 0 Å². The molecule has 0 spiro atoms. The van der Waals surface area contributed by atoms with Gasteiger partial charge in [-0.3, -0.25) is 14.6 Å². The lowest BCUT2D eigenvalue weighted by Crippen LogP contribution is -2.36. The first-order chi connectivity index (χ1) is 14.9. The summed E-state index contributed by atoms with van der Waals surface area (Å²) in [4.78, 5) is 31.9. The molecule has 0 fully saturated rings. The van der Waals surface area contributed by atoms with E-state index in [0.717, 1.165) is 45.8 Å². The number of aryl methyl sites for hydroxylation is 2. The van der Waals surface area contributed by atoms with Crippen LogP contribution < -0.4 is 9.64 Å². The van der Waals surface area contributed by atoms with E-state index in [2.05, 4.69) is 9.88 Å². The molecule has 4 rings (SSSR count). The number of hydrogen-bond acceptors (Lipinski definition) is 7. The van der Waals surface area contributed by atoms with Crippen molar-refractivity contribution in [2.75, 3.05) is 19.1 Å². The maximum atomic E-state index is 12.8. The zero-order chi connectivity index (χ0) is 22.0. The van der Waals surface area contributed by atoms with Gasteiger partial charge in [0, 0.05) is 35.3 Å². The highest BCUT2D eigenvalue weighted by atomic mass is 32.1. The van der Waals surface area contributed by atoms with E-state index in [-0.39, 0.29) is 5.91 Å². The number of hydrogen-bond donors (Lipinski definition) is 0. The largest absolute Gasteiger partial charge is 0.497 e. The molecule has 7 nitrogen and oxygen atoms in total. The molecule has 1 amide bonds. The second-order valence-electron chi connectivity index (χ2n) is 7.88. The number of anilines is 1. The third kappa shape index (κ3) is 4.91. The molecule has 2 aromatic heterocycles. The lowest BCUT2D eigenvalue weighted by Gasteiger charge is -2.30. The van der Waals surface area contributed by atoms with E-state index in [0.29, 0.717) is 25.9 Å². The Hall–Kier alpha value is -2.84. The lowest BCUT2D eigenvalue weighted by atomic mass is 10.0. The van der Waals surface area contributed by atoms with Crippen molar-refractivity contribution in [1.82, 2.24) is 19.9 Å². The molecule has 1 aromatic carbocycles. The van der Waals surface area contributed by atoms with Crippen LogP contribution in [0, 0.1) is 13.8 Å². The topological polar surface area (TPSA) is 71.5 Å². The Kier molecular flexibility index (Phi) is 6.29. The van der Waals surface area contributed by atoms with Crippen LogP contribution in [0.3, 0.4) is 0 Å². The first kappa shape index (κ1) is 21.4. The van der Waals surface area contributed by atoms with E-state index >= 15 is 0 Å². The SMILES string of the molecule is COc1cccc(CN2C(=O)CCc3c(C)nc(CN(C)Cc4cnc(C)s4)nc32)c1. The van der Waals surface area contributed by atoms with Crippen LogP contribution in [0.25, 0.3) is 0 Å². The van der Waals surface area contributed by atoms with Crippen LogP contribution in [0.15, 0.2) is 30.5 Å². The van der Waals surface area contributed by atoms with Crippen LogP contribution in [0.2, 0.25) is 0 Å². The van der Waals surface area contributed by atoms with Crippen molar-refractivity contribution in [3.05, 3.63) is 63.0 Å². The number of rotatable bonds is 7. The molecular formula is C23H27N5O2S. The second kappa shape index (κ2) is 9.11. The zero-order valence-corrected chi connectivity index (χ0v) is 19.2. The standard InChI is InChI=1S/C23H27N5O2S/c1-15-20-8-9-22(29)28(12-17-6-5-7-18(10-17)30-4)23(20)26-21(25-15)14-27(3)13-19-11-24-16(2)31-19/h5-7,10-11H,8-9,12-14H2,1-4H3. The highest BCUT2D eigenvalue weighted by molar-refractivity contribution is 7.11. The monoisotopic (exact) mass is 437 g/mol. The van der Waals surface area contributed by atoms with Gasteiger partial charge in [0.1, 0.15) is 17.4 Å². The molecule has 162 valence electrons. The van der Waals surface area contributed by atoms with Gasteiger partial charge in [-0.1, -0.05) is 12.1 Å². The summed E-state index contributed by atoms with van der Waals surface area (Å²) in [5, 5.41) is 1.07. The first-order valence-corrected chi connectivity index (χ1v) is 11.1. The smallest absolute Gasteiger partial charge is 0.228 e. The molecule has 1 aliphatic rings. The van der Waals surface area contributed by atoms with Crippen LogP contribution in [0.5, 0.6) is 5.75 Å². The Morgan fingerprint density at radius 2 is 2.03 bits per heavy atom. The maximum Gasteiger partial charge on any atom is 0.228 e. The summed E-state index contributed by atoms with van der Waals surface area (Å²) in [5.41, 5.74) is 3.02. The average Bonchev–Trinajstić information content (AvgIpc) is 3.14. The van der Waals surface area contributed by atoms with Crippen molar-refractivity contribution in [2.45, 2.75) is 46.3 Å². The normalized spacial score (nSPS) is 13.6. The Morgan fingerprint density at radius 3 is 2.77 bits per heavy atom. The Balaban J connectivity index is 1.58. The summed E-state index contributed by atoms with van der Waals surface area (Å²) in [6.45, 7) is 5.88. The molecule has 3 heterocycles. The fraction of sp³-hybridized carbons (Fsp3) is 0.391. The molecule has 0 unspecified atom stereocenters. The molecule has 0 radical (unpaired) electrons. The number of methoxy groups -OCH3 is 1. The molecule has 0 saturated heterocycles. The highest BCUT2D eigenvalue weighted by Crippen LogP contribution is 2.30. The molecule has 1 aliphatic heterocycles. The maximum absolute atomic E-state index is 12.8. The van der Waals surface area contributed by atoms with Crippen molar-refractivity contribution in [2.24, 2.45) is 0 Å². The summed E-state index contributed by atoms with van der Waals surface area (Å²) < 4.78 is 5.33. The quantitative estimate of drug-likeness (QED) is 0.562. The second-order valence-corrected chi connectivity index (χ2v) is 9.20. The third-order valence-electron chi connectivity index (χ3n) is 5.37. The molecule has 0 aliphatic carbocycles. The predicted molar refractivity (Wildman–Crippen MR) is 121 cm³/mol. The summed E-state index contributed by atoms with van der Waals surface area (Å²) >= 11 is 1.70. The van der Waals surface area contributed by atoms with Crippen molar-refractivity contribution in [3.63, 3.8) is 0 Å². The number of benzene rings is 1. The van der Waals surface area contributed by atoms with Crippen LogP contribution in [-0.4, -0.2) is 39.9 Å². The molecular weight excluding hydrogens is 410 g/mol.